The van der Waals surface area contributed by atoms with E-state index in [9.17, 15) is 4.79 Å². The van der Waals surface area contributed by atoms with E-state index >= 15 is 0 Å². The Morgan fingerprint density at radius 2 is 1.95 bits per heavy atom. The normalized spacial score (nSPS) is 11.1. The molecule has 0 spiro atoms. The predicted octanol–water partition coefficient (Wildman–Crippen LogP) is 4.62. The minimum Gasteiger partial charge on any atom is -0.466 e. The Balaban J connectivity index is 2.89. The first-order valence-corrected chi connectivity index (χ1v) is 7.96. The van der Waals surface area contributed by atoms with Crippen molar-refractivity contribution in [2.45, 2.75) is 52.4 Å². The van der Waals surface area contributed by atoms with Crippen molar-refractivity contribution in [1.29, 1.82) is 0 Å². The third kappa shape index (κ3) is 5.19. The predicted molar refractivity (Wildman–Crippen MR) is 82.6 cm³/mol. The molecule has 0 amide bonds. The highest BCUT2D eigenvalue weighted by Gasteiger charge is 2.09. The topological polar surface area (TPSA) is 26.3 Å². The molecule has 1 heterocycles. The van der Waals surface area contributed by atoms with Crippen LogP contribution >= 0.6 is 11.3 Å². The molecule has 0 aliphatic rings. The van der Waals surface area contributed by atoms with Crippen LogP contribution in [-0.4, -0.2) is 13.1 Å². The molecule has 0 saturated heterocycles. The maximum absolute atomic E-state index is 11.3. The van der Waals surface area contributed by atoms with Gasteiger partial charge in [-0.3, -0.25) is 0 Å². The average Bonchev–Trinajstić information content (AvgIpc) is 2.82. The maximum atomic E-state index is 11.3. The highest BCUT2D eigenvalue weighted by Crippen LogP contribution is 2.27. The van der Waals surface area contributed by atoms with Gasteiger partial charge >= 0.3 is 5.97 Å². The molecule has 0 saturated carbocycles. The average molecular weight is 280 g/mol. The molecule has 0 atom stereocenters. The molecule has 0 aliphatic carbocycles. The first-order chi connectivity index (χ1) is 9.22. The molecular weight excluding hydrogens is 256 g/mol. The van der Waals surface area contributed by atoms with Gasteiger partial charge in [0.05, 0.1) is 7.11 Å². The number of ether oxygens (including phenoxy) is 1. The molecule has 0 N–H and O–H groups in total. The standard InChI is InChI=1S/C16H24O2S/c1-4-6-8-13-12-19-15(9-7-5-2)14(13)10-11-16(17)18-3/h10-12H,4-9H2,1-3H3/b11-10+. The van der Waals surface area contributed by atoms with Crippen molar-refractivity contribution in [2.24, 2.45) is 0 Å². The number of thiophene rings is 1. The Morgan fingerprint density at radius 1 is 1.26 bits per heavy atom. The number of hydrogen-bond donors (Lipinski definition) is 0. The zero-order chi connectivity index (χ0) is 14.1. The smallest absolute Gasteiger partial charge is 0.330 e. The number of hydrogen-bond acceptors (Lipinski definition) is 3. The van der Waals surface area contributed by atoms with E-state index in [-0.39, 0.29) is 5.97 Å². The second-order valence-corrected chi connectivity index (χ2v) is 5.63. The van der Waals surface area contributed by atoms with Crippen LogP contribution in [0.15, 0.2) is 11.5 Å². The van der Waals surface area contributed by atoms with Gasteiger partial charge in [-0.25, -0.2) is 4.79 Å². The summed E-state index contributed by atoms with van der Waals surface area (Å²) >= 11 is 1.82. The highest BCUT2D eigenvalue weighted by atomic mass is 32.1. The Morgan fingerprint density at radius 3 is 2.58 bits per heavy atom. The van der Waals surface area contributed by atoms with E-state index < -0.39 is 0 Å². The second kappa shape index (κ2) is 8.92. The Kier molecular flexibility index (Phi) is 7.49. The lowest BCUT2D eigenvalue weighted by Gasteiger charge is -2.03. The molecule has 0 radical (unpaired) electrons. The number of carbonyl (C=O) groups is 1. The summed E-state index contributed by atoms with van der Waals surface area (Å²) in [6.07, 6.45) is 10.5. The number of esters is 1. The van der Waals surface area contributed by atoms with E-state index in [1.165, 1.54) is 54.9 Å². The largest absolute Gasteiger partial charge is 0.466 e. The van der Waals surface area contributed by atoms with Crippen molar-refractivity contribution >= 4 is 23.4 Å². The van der Waals surface area contributed by atoms with Gasteiger partial charge in [0.15, 0.2) is 0 Å². The van der Waals surface area contributed by atoms with Crippen molar-refractivity contribution < 1.29 is 9.53 Å². The van der Waals surface area contributed by atoms with Crippen LogP contribution in [0.4, 0.5) is 0 Å². The van der Waals surface area contributed by atoms with Crippen molar-refractivity contribution in [3.8, 4) is 0 Å². The maximum Gasteiger partial charge on any atom is 0.330 e. The summed E-state index contributed by atoms with van der Waals surface area (Å²) in [6.45, 7) is 4.41. The Hall–Kier alpha value is -1.09. The van der Waals surface area contributed by atoms with Crippen LogP contribution < -0.4 is 0 Å². The molecule has 0 unspecified atom stereocenters. The first-order valence-electron chi connectivity index (χ1n) is 7.08. The summed E-state index contributed by atoms with van der Waals surface area (Å²) in [5.41, 5.74) is 2.62. The number of aryl methyl sites for hydroxylation is 2. The second-order valence-electron chi connectivity index (χ2n) is 4.66. The summed E-state index contributed by atoms with van der Waals surface area (Å²) in [5.74, 6) is -0.283. The summed E-state index contributed by atoms with van der Waals surface area (Å²) in [4.78, 5) is 12.6. The zero-order valence-electron chi connectivity index (χ0n) is 12.2. The molecule has 2 nitrogen and oxygen atoms in total. The van der Waals surface area contributed by atoms with Crippen LogP contribution in [0.3, 0.4) is 0 Å². The highest BCUT2D eigenvalue weighted by molar-refractivity contribution is 7.10. The van der Waals surface area contributed by atoms with Gasteiger partial charge in [0.25, 0.3) is 0 Å². The summed E-state index contributed by atoms with van der Waals surface area (Å²) in [6, 6.07) is 0. The summed E-state index contributed by atoms with van der Waals surface area (Å²) in [7, 11) is 1.41. The van der Waals surface area contributed by atoms with Crippen LogP contribution in [0.25, 0.3) is 6.08 Å². The Labute approximate surface area is 120 Å². The van der Waals surface area contributed by atoms with E-state index in [0.29, 0.717) is 0 Å². The molecule has 3 heteroatoms. The van der Waals surface area contributed by atoms with Gasteiger partial charge < -0.3 is 4.74 Å². The summed E-state index contributed by atoms with van der Waals surface area (Å²) in [5, 5.41) is 2.25. The van der Waals surface area contributed by atoms with Gasteiger partial charge in [0.1, 0.15) is 0 Å². The fraction of sp³-hybridized carbons (Fsp3) is 0.562. The minimum atomic E-state index is -0.283. The van der Waals surface area contributed by atoms with Crippen molar-refractivity contribution in [3.05, 3.63) is 27.5 Å². The fourth-order valence-electron chi connectivity index (χ4n) is 1.96. The lowest BCUT2D eigenvalue weighted by atomic mass is 10.0. The van der Waals surface area contributed by atoms with Crippen LogP contribution in [0.2, 0.25) is 0 Å². The zero-order valence-corrected chi connectivity index (χ0v) is 13.0. The van der Waals surface area contributed by atoms with Crippen LogP contribution in [-0.2, 0) is 22.4 Å². The lowest BCUT2D eigenvalue weighted by molar-refractivity contribution is -0.134. The molecule has 106 valence electrons. The van der Waals surface area contributed by atoms with E-state index in [0.717, 1.165) is 12.8 Å². The van der Waals surface area contributed by atoms with Gasteiger partial charge in [0.2, 0.25) is 0 Å². The van der Waals surface area contributed by atoms with E-state index in [2.05, 4.69) is 24.0 Å². The number of methoxy groups -OCH3 is 1. The van der Waals surface area contributed by atoms with Crippen molar-refractivity contribution in [3.63, 3.8) is 0 Å². The molecule has 19 heavy (non-hydrogen) atoms. The summed E-state index contributed by atoms with van der Waals surface area (Å²) < 4.78 is 4.67. The van der Waals surface area contributed by atoms with Gasteiger partial charge in [-0.1, -0.05) is 26.7 Å². The molecule has 1 aromatic heterocycles. The van der Waals surface area contributed by atoms with Crippen molar-refractivity contribution in [2.75, 3.05) is 7.11 Å². The first kappa shape index (κ1) is 16.0. The quantitative estimate of drug-likeness (QED) is 0.513. The van der Waals surface area contributed by atoms with Gasteiger partial charge in [-0.15, -0.1) is 11.3 Å². The van der Waals surface area contributed by atoms with Crippen LogP contribution in [0.1, 0.15) is 55.5 Å². The number of rotatable bonds is 8. The molecular formula is C16H24O2S. The lowest BCUT2D eigenvalue weighted by Crippen LogP contribution is -1.95. The van der Waals surface area contributed by atoms with E-state index in [1.807, 2.05) is 17.4 Å². The molecule has 0 fully saturated rings. The molecule has 1 rings (SSSR count). The third-order valence-electron chi connectivity index (χ3n) is 3.13. The van der Waals surface area contributed by atoms with E-state index in [4.69, 9.17) is 0 Å². The fourth-order valence-corrected chi connectivity index (χ4v) is 3.08. The Bertz CT molecular complexity index is 393. The SMILES string of the molecule is CCCCc1csc(CCCC)c1/C=C/C(=O)OC. The van der Waals surface area contributed by atoms with Gasteiger partial charge in [-0.05, 0) is 48.3 Å². The monoisotopic (exact) mass is 280 g/mol. The van der Waals surface area contributed by atoms with Crippen LogP contribution in [0, 0.1) is 0 Å². The van der Waals surface area contributed by atoms with Gasteiger partial charge in [-0.2, -0.15) is 0 Å². The molecule has 1 aromatic rings. The number of carbonyl (C=O) groups excluding carboxylic acids is 1. The minimum absolute atomic E-state index is 0.283. The molecule has 0 aromatic carbocycles. The van der Waals surface area contributed by atoms with E-state index in [1.54, 1.807) is 0 Å². The number of unbranched alkanes of at least 4 members (excludes halogenated alkanes) is 2. The third-order valence-corrected chi connectivity index (χ3v) is 4.25. The molecule has 0 aliphatic heterocycles. The van der Waals surface area contributed by atoms with Crippen molar-refractivity contribution in [1.82, 2.24) is 0 Å². The van der Waals surface area contributed by atoms with Gasteiger partial charge in [0, 0.05) is 11.0 Å². The molecule has 0 bridgehead atoms. The van der Waals surface area contributed by atoms with Crippen LogP contribution in [0.5, 0.6) is 0 Å².